The minimum atomic E-state index is -4.39. The maximum Gasteiger partial charge on any atom is 0.296 e. The maximum absolute atomic E-state index is 13.7. The van der Waals surface area contributed by atoms with Crippen LogP contribution in [0.1, 0.15) is 56.2 Å². The van der Waals surface area contributed by atoms with Crippen molar-refractivity contribution in [2.45, 2.75) is 62.3 Å². The lowest BCUT2D eigenvalue weighted by atomic mass is 10.0. The molecule has 1 N–H and O–H groups in total. The van der Waals surface area contributed by atoms with Gasteiger partial charge in [0.15, 0.2) is 4.90 Å². The van der Waals surface area contributed by atoms with Crippen LogP contribution in [0.4, 0.5) is 0 Å². The van der Waals surface area contributed by atoms with E-state index < -0.39 is 32.2 Å². The van der Waals surface area contributed by atoms with Crippen molar-refractivity contribution >= 4 is 21.4 Å². The summed E-state index contributed by atoms with van der Waals surface area (Å²) in [6.07, 6.45) is 4.17. The highest BCUT2D eigenvalue weighted by atomic mass is 35.5. The standard InChI is InChI=1S/C29H30ClN3O4S/c1-4-6-12-26-32-28(34)27(29(35)33(26)25(5-2)21-9-7-10-22(30)18-21)38(36,37)23-15-13-20(14-16-23)24-11-8-17-31-19(24)3/h7-11,13-18,25,35H,4-6,12H2,1-3H3. The van der Waals surface area contributed by atoms with Crippen molar-refractivity contribution in [1.29, 1.82) is 0 Å². The molecule has 4 aromatic rings. The number of benzene rings is 2. The number of sulfone groups is 1. The molecule has 0 aliphatic rings. The first kappa shape index (κ1) is 27.5. The number of aryl methyl sites for hydroxylation is 2. The van der Waals surface area contributed by atoms with Gasteiger partial charge in [0.25, 0.3) is 5.56 Å². The fraction of sp³-hybridized carbons (Fsp3) is 0.276. The van der Waals surface area contributed by atoms with Gasteiger partial charge in [-0.3, -0.25) is 14.3 Å². The molecular weight excluding hydrogens is 522 g/mol. The average molecular weight is 552 g/mol. The minimum Gasteiger partial charge on any atom is -0.493 e. The third-order valence-electron chi connectivity index (χ3n) is 6.57. The second kappa shape index (κ2) is 11.5. The zero-order valence-electron chi connectivity index (χ0n) is 21.6. The summed E-state index contributed by atoms with van der Waals surface area (Å²) in [7, 11) is -4.39. The van der Waals surface area contributed by atoms with Gasteiger partial charge in [-0.1, -0.05) is 62.2 Å². The van der Waals surface area contributed by atoms with Crippen LogP contribution in [-0.2, 0) is 16.3 Å². The van der Waals surface area contributed by atoms with Crippen molar-refractivity contribution in [3.63, 3.8) is 0 Å². The molecule has 0 saturated heterocycles. The lowest BCUT2D eigenvalue weighted by Gasteiger charge is -2.25. The first-order chi connectivity index (χ1) is 18.2. The van der Waals surface area contributed by atoms with Crippen molar-refractivity contribution in [1.82, 2.24) is 14.5 Å². The van der Waals surface area contributed by atoms with Crippen LogP contribution in [0.3, 0.4) is 0 Å². The van der Waals surface area contributed by atoms with E-state index >= 15 is 0 Å². The van der Waals surface area contributed by atoms with Gasteiger partial charge in [0, 0.05) is 28.9 Å². The summed E-state index contributed by atoms with van der Waals surface area (Å²) in [6, 6.07) is 16.6. The Labute approximate surface area is 227 Å². The van der Waals surface area contributed by atoms with Crippen LogP contribution in [0.5, 0.6) is 5.88 Å². The van der Waals surface area contributed by atoms with Crippen LogP contribution < -0.4 is 5.56 Å². The quantitative estimate of drug-likeness (QED) is 0.268. The molecule has 0 radical (unpaired) electrons. The maximum atomic E-state index is 13.7. The summed E-state index contributed by atoms with van der Waals surface area (Å²) in [6.45, 7) is 5.79. The molecule has 38 heavy (non-hydrogen) atoms. The molecule has 0 bridgehead atoms. The van der Waals surface area contributed by atoms with Crippen LogP contribution in [-0.4, -0.2) is 28.1 Å². The number of aromatic nitrogens is 3. The zero-order valence-corrected chi connectivity index (χ0v) is 23.1. The molecular formula is C29H30ClN3O4S. The Balaban J connectivity index is 1.87. The van der Waals surface area contributed by atoms with Gasteiger partial charge in [0.2, 0.25) is 15.7 Å². The van der Waals surface area contributed by atoms with Crippen molar-refractivity contribution in [3.05, 3.63) is 99.3 Å². The highest BCUT2D eigenvalue weighted by Gasteiger charge is 2.32. The number of pyridine rings is 1. The Hall–Kier alpha value is -3.49. The molecule has 0 fully saturated rings. The number of rotatable bonds is 9. The highest BCUT2D eigenvalue weighted by molar-refractivity contribution is 7.91. The number of hydrogen-bond donors (Lipinski definition) is 1. The fourth-order valence-electron chi connectivity index (χ4n) is 4.63. The Morgan fingerprint density at radius 1 is 1.05 bits per heavy atom. The van der Waals surface area contributed by atoms with E-state index in [2.05, 4.69) is 9.97 Å². The normalized spacial score (nSPS) is 12.4. The van der Waals surface area contributed by atoms with Crippen molar-refractivity contribution in [3.8, 4) is 17.0 Å². The second-order valence-electron chi connectivity index (χ2n) is 9.10. The van der Waals surface area contributed by atoms with E-state index in [0.717, 1.165) is 35.2 Å². The van der Waals surface area contributed by atoms with E-state index in [-0.39, 0.29) is 4.90 Å². The molecule has 1 atom stereocenters. The Morgan fingerprint density at radius 3 is 2.42 bits per heavy atom. The summed E-state index contributed by atoms with van der Waals surface area (Å²) >= 11 is 6.24. The lowest BCUT2D eigenvalue weighted by Crippen LogP contribution is -2.27. The van der Waals surface area contributed by atoms with Crippen molar-refractivity contribution in [2.75, 3.05) is 0 Å². The van der Waals surface area contributed by atoms with Gasteiger partial charge >= 0.3 is 0 Å². The van der Waals surface area contributed by atoms with E-state index in [4.69, 9.17) is 11.6 Å². The van der Waals surface area contributed by atoms with E-state index in [1.54, 1.807) is 36.5 Å². The third kappa shape index (κ3) is 5.37. The number of aromatic hydroxyl groups is 1. The van der Waals surface area contributed by atoms with Crippen molar-refractivity contribution < 1.29 is 13.5 Å². The van der Waals surface area contributed by atoms with Crippen LogP contribution in [0.15, 0.2) is 81.4 Å². The Kier molecular flexibility index (Phi) is 8.33. The molecule has 0 saturated carbocycles. The molecule has 2 aromatic heterocycles. The van der Waals surface area contributed by atoms with E-state index in [0.29, 0.717) is 23.7 Å². The molecule has 1 unspecified atom stereocenters. The van der Waals surface area contributed by atoms with Gasteiger partial charge in [-0.15, -0.1) is 0 Å². The van der Waals surface area contributed by atoms with Crippen LogP contribution in [0.25, 0.3) is 11.1 Å². The third-order valence-corrected chi connectivity index (χ3v) is 8.59. The molecule has 4 rings (SSSR count). The average Bonchev–Trinajstić information content (AvgIpc) is 2.89. The molecule has 0 aliphatic carbocycles. The molecule has 0 spiro atoms. The van der Waals surface area contributed by atoms with Gasteiger partial charge in [-0.05, 0) is 61.2 Å². The summed E-state index contributed by atoms with van der Waals surface area (Å²) in [4.78, 5) is 20.8. The number of halogens is 1. The molecule has 0 amide bonds. The predicted molar refractivity (Wildman–Crippen MR) is 149 cm³/mol. The lowest BCUT2D eigenvalue weighted by molar-refractivity contribution is 0.358. The van der Waals surface area contributed by atoms with E-state index in [9.17, 15) is 18.3 Å². The SMILES string of the molecule is CCCCc1nc(=O)c(S(=O)(=O)c2ccc(-c3cccnc3C)cc2)c(O)n1C(CC)c1cccc(Cl)c1. The predicted octanol–water partition coefficient (Wildman–Crippen LogP) is 6.15. The van der Waals surface area contributed by atoms with Gasteiger partial charge in [0.05, 0.1) is 10.9 Å². The largest absolute Gasteiger partial charge is 0.493 e. The van der Waals surface area contributed by atoms with Gasteiger partial charge in [-0.25, -0.2) is 8.42 Å². The minimum absolute atomic E-state index is 0.111. The van der Waals surface area contributed by atoms with Gasteiger partial charge in [-0.2, -0.15) is 4.98 Å². The van der Waals surface area contributed by atoms with Gasteiger partial charge < -0.3 is 5.11 Å². The monoisotopic (exact) mass is 551 g/mol. The Morgan fingerprint density at radius 2 is 1.79 bits per heavy atom. The zero-order chi connectivity index (χ0) is 27.4. The number of nitrogens with zero attached hydrogens (tertiary/aromatic N) is 3. The summed E-state index contributed by atoms with van der Waals surface area (Å²) < 4.78 is 28.9. The van der Waals surface area contributed by atoms with Gasteiger partial charge in [0.1, 0.15) is 5.82 Å². The molecule has 0 aliphatic heterocycles. The molecule has 7 nitrogen and oxygen atoms in total. The highest BCUT2D eigenvalue weighted by Crippen LogP contribution is 2.34. The van der Waals surface area contributed by atoms with Crippen molar-refractivity contribution in [2.24, 2.45) is 0 Å². The van der Waals surface area contributed by atoms with Crippen LogP contribution in [0.2, 0.25) is 5.02 Å². The fourth-order valence-corrected chi connectivity index (χ4v) is 6.17. The van der Waals surface area contributed by atoms with E-state index in [1.807, 2.05) is 39.0 Å². The second-order valence-corrected chi connectivity index (χ2v) is 11.4. The Bertz CT molecular complexity index is 1620. The van der Waals surface area contributed by atoms with E-state index in [1.165, 1.54) is 16.7 Å². The van der Waals surface area contributed by atoms with Crippen LogP contribution in [0, 0.1) is 6.92 Å². The molecule has 198 valence electrons. The first-order valence-corrected chi connectivity index (χ1v) is 14.4. The number of hydrogen-bond acceptors (Lipinski definition) is 6. The van der Waals surface area contributed by atoms with Crippen LogP contribution >= 0.6 is 11.6 Å². The summed E-state index contributed by atoms with van der Waals surface area (Å²) in [5.74, 6) is -0.280. The molecule has 2 aromatic carbocycles. The summed E-state index contributed by atoms with van der Waals surface area (Å²) in [5, 5.41) is 12.0. The first-order valence-electron chi connectivity index (χ1n) is 12.6. The topological polar surface area (TPSA) is 102 Å². The molecule has 9 heteroatoms. The number of unbranched alkanes of at least 4 members (excludes halogenated alkanes) is 1. The molecule has 2 heterocycles. The smallest absolute Gasteiger partial charge is 0.296 e. The summed E-state index contributed by atoms with van der Waals surface area (Å²) in [5.41, 5.74) is 2.27.